The van der Waals surface area contributed by atoms with E-state index in [1.807, 2.05) is 6.92 Å². The van der Waals surface area contributed by atoms with Gasteiger partial charge in [-0.25, -0.2) is 0 Å². The van der Waals surface area contributed by atoms with Gasteiger partial charge < -0.3 is 4.84 Å². The summed E-state index contributed by atoms with van der Waals surface area (Å²) in [6, 6.07) is 0. The van der Waals surface area contributed by atoms with Crippen molar-refractivity contribution in [1.82, 2.24) is 4.90 Å². The van der Waals surface area contributed by atoms with Gasteiger partial charge in [-0.05, 0) is 13.5 Å². The van der Waals surface area contributed by atoms with Crippen molar-refractivity contribution in [3.05, 3.63) is 0 Å². The van der Waals surface area contributed by atoms with Crippen molar-refractivity contribution in [1.29, 1.82) is 0 Å². The smallest absolute Gasteiger partial charge is 0.141 e. The van der Waals surface area contributed by atoms with E-state index in [9.17, 15) is 0 Å². The second-order valence-corrected chi connectivity index (χ2v) is 2.77. The lowest BCUT2D eigenvalue weighted by Crippen LogP contribution is -2.21. The van der Waals surface area contributed by atoms with Gasteiger partial charge in [0.25, 0.3) is 0 Å². The molecule has 1 fully saturated rings. The molecule has 1 atom stereocenters. The zero-order valence-electron chi connectivity index (χ0n) is 7.29. The quantitative estimate of drug-likeness (QED) is 0.451. The van der Waals surface area contributed by atoms with Crippen LogP contribution in [-0.2, 0) is 4.84 Å². The fourth-order valence-electron chi connectivity index (χ4n) is 1.32. The second kappa shape index (κ2) is 4.34. The molecule has 0 aromatic rings. The maximum atomic E-state index is 5.21. The van der Waals surface area contributed by atoms with Gasteiger partial charge in [0.05, 0.1) is 0 Å². The van der Waals surface area contributed by atoms with Crippen LogP contribution >= 0.6 is 0 Å². The molecule has 1 saturated heterocycles. The number of rotatable bonds is 3. The van der Waals surface area contributed by atoms with Crippen LogP contribution in [0.25, 0.3) is 0 Å². The summed E-state index contributed by atoms with van der Waals surface area (Å²) in [7, 11) is 0. The molecule has 0 saturated carbocycles. The first-order valence-electron chi connectivity index (χ1n) is 4.23. The fraction of sp³-hybridized carbons (Fsp3) is 0.875. The van der Waals surface area contributed by atoms with Gasteiger partial charge >= 0.3 is 0 Å². The summed E-state index contributed by atoms with van der Waals surface area (Å²) in [5.41, 5.74) is 0. The van der Waals surface area contributed by atoms with E-state index < -0.39 is 0 Å². The summed E-state index contributed by atoms with van der Waals surface area (Å²) in [6.07, 6.45) is 3.13. The highest BCUT2D eigenvalue weighted by molar-refractivity contribution is 5.52. The number of likely N-dealkylation sites (tertiary alicyclic amines) is 1. The summed E-state index contributed by atoms with van der Waals surface area (Å²) in [5.74, 6) is 0. The van der Waals surface area contributed by atoms with Crippen LogP contribution in [0, 0.1) is 0 Å². The molecule has 0 bridgehead atoms. The monoisotopic (exact) mass is 156 g/mol. The molecule has 11 heavy (non-hydrogen) atoms. The lowest BCUT2D eigenvalue weighted by molar-refractivity contribution is 0.0665. The van der Waals surface area contributed by atoms with Crippen LogP contribution in [0.15, 0.2) is 5.16 Å². The van der Waals surface area contributed by atoms with E-state index in [4.69, 9.17) is 4.84 Å². The molecule has 0 aromatic heterocycles. The van der Waals surface area contributed by atoms with Gasteiger partial charge in [-0.3, -0.25) is 4.90 Å². The van der Waals surface area contributed by atoms with Gasteiger partial charge in [0.1, 0.15) is 6.10 Å². The molecule has 1 aliphatic rings. The van der Waals surface area contributed by atoms with Crippen LogP contribution in [0.4, 0.5) is 0 Å². The van der Waals surface area contributed by atoms with Gasteiger partial charge in [-0.1, -0.05) is 12.1 Å². The Morgan fingerprint density at radius 1 is 1.73 bits per heavy atom. The average molecular weight is 156 g/mol. The summed E-state index contributed by atoms with van der Waals surface area (Å²) >= 11 is 0. The number of nitrogens with zero attached hydrogens (tertiary/aromatic N) is 2. The van der Waals surface area contributed by atoms with E-state index in [1.54, 1.807) is 6.21 Å². The van der Waals surface area contributed by atoms with Crippen LogP contribution < -0.4 is 0 Å². The summed E-state index contributed by atoms with van der Waals surface area (Å²) in [6.45, 7) is 7.35. The molecule has 0 spiro atoms. The normalized spacial score (nSPS) is 26.5. The van der Waals surface area contributed by atoms with Crippen LogP contribution in [0.2, 0.25) is 0 Å². The minimum absolute atomic E-state index is 0.325. The lowest BCUT2D eigenvalue weighted by atomic mass is 10.3. The Labute approximate surface area is 68.0 Å². The molecule has 1 aliphatic heterocycles. The number of hydrogen-bond acceptors (Lipinski definition) is 3. The van der Waals surface area contributed by atoms with Gasteiger partial charge in [-0.2, -0.15) is 0 Å². The minimum Gasteiger partial charge on any atom is -0.391 e. The first kappa shape index (κ1) is 8.53. The minimum atomic E-state index is 0.325. The van der Waals surface area contributed by atoms with Crippen molar-refractivity contribution in [3.63, 3.8) is 0 Å². The Morgan fingerprint density at radius 2 is 2.55 bits per heavy atom. The van der Waals surface area contributed by atoms with Crippen molar-refractivity contribution in [2.24, 2.45) is 5.16 Å². The zero-order valence-corrected chi connectivity index (χ0v) is 7.29. The number of oxime groups is 1. The van der Waals surface area contributed by atoms with Crippen LogP contribution in [0.5, 0.6) is 0 Å². The molecule has 1 rings (SSSR count). The third kappa shape index (κ3) is 2.50. The van der Waals surface area contributed by atoms with Crippen molar-refractivity contribution < 1.29 is 4.84 Å². The zero-order chi connectivity index (χ0) is 8.10. The third-order valence-corrected chi connectivity index (χ3v) is 1.99. The standard InChI is InChI=1S/C8H16N2O/c1-3-9-11-8-5-6-10(4-2)7-8/h3,8H,4-7H2,1-2H3/b9-3-. The molecule has 64 valence electrons. The Morgan fingerprint density at radius 3 is 3.09 bits per heavy atom. The summed E-state index contributed by atoms with van der Waals surface area (Å²) < 4.78 is 0. The van der Waals surface area contributed by atoms with E-state index in [0.29, 0.717) is 6.10 Å². The summed E-state index contributed by atoms with van der Waals surface area (Å²) in [5, 5.41) is 3.77. The largest absolute Gasteiger partial charge is 0.391 e. The number of likely N-dealkylation sites (N-methyl/N-ethyl adjacent to an activating group) is 1. The highest BCUT2D eigenvalue weighted by Crippen LogP contribution is 2.11. The van der Waals surface area contributed by atoms with E-state index in [-0.39, 0.29) is 0 Å². The lowest BCUT2D eigenvalue weighted by Gasteiger charge is -2.11. The SMILES string of the molecule is C/C=N\OC1CCN(CC)C1. The van der Waals surface area contributed by atoms with Crippen LogP contribution in [0.3, 0.4) is 0 Å². The van der Waals surface area contributed by atoms with Gasteiger partial charge in [0.15, 0.2) is 0 Å². The topological polar surface area (TPSA) is 24.8 Å². The highest BCUT2D eigenvalue weighted by Gasteiger charge is 2.21. The van der Waals surface area contributed by atoms with E-state index in [2.05, 4.69) is 17.0 Å². The first-order valence-corrected chi connectivity index (χ1v) is 4.23. The molecular weight excluding hydrogens is 140 g/mol. The maximum absolute atomic E-state index is 5.21. The fourth-order valence-corrected chi connectivity index (χ4v) is 1.32. The van der Waals surface area contributed by atoms with Gasteiger partial charge in [-0.15, -0.1) is 0 Å². The van der Waals surface area contributed by atoms with E-state index in [0.717, 1.165) is 26.1 Å². The van der Waals surface area contributed by atoms with Gasteiger partial charge in [0, 0.05) is 25.7 Å². The van der Waals surface area contributed by atoms with Gasteiger partial charge in [0.2, 0.25) is 0 Å². The second-order valence-electron chi connectivity index (χ2n) is 2.77. The van der Waals surface area contributed by atoms with Crippen molar-refractivity contribution in [3.8, 4) is 0 Å². The third-order valence-electron chi connectivity index (χ3n) is 1.99. The average Bonchev–Trinajstić information content (AvgIpc) is 2.48. The molecule has 0 amide bonds. The summed E-state index contributed by atoms with van der Waals surface area (Å²) in [4.78, 5) is 7.58. The Kier molecular flexibility index (Phi) is 3.36. The Bertz CT molecular complexity index is 136. The first-order chi connectivity index (χ1) is 5.36. The molecule has 0 N–H and O–H groups in total. The Hall–Kier alpha value is -0.570. The molecule has 0 aromatic carbocycles. The molecule has 0 radical (unpaired) electrons. The molecule has 0 aliphatic carbocycles. The molecule has 3 heteroatoms. The number of hydrogen-bond donors (Lipinski definition) is 0. The van der Waals surface area contributed by atoms with Crippen LogP contribution in [-0.4, -0.2) is 36.9 Å². The van der Waals surface area contributed by atoms with Crippen molar-refractivity contribution in [2.75, 3.05) is 19.6 Å². The van der Waals surface area contributed by atoms with Crippen molar-refractivity contribution in [2.45, 2.75) is 26.4 Å². The molecule has 1 heterocycles. The van der Waals surface area contributed by atoms with Crippen LogP contribution in [0.1, 0.15) is 20.3 Å². The predicted octanol–water partition coefficient (Wildman–Crippen LogP) is 1.10. The van der Waals surface area contributed by atoms with Crippen molar-refractivity contribution >= 4 is 6.21 Å². The molecule has 1 unspecified atom stereocenters. The van der Waals surface area contributed by atoms with E-state index in [1.165, 1.54) is 0 Å². The Balaban J connectivity index is 2.19. The molecule has 3 nitrogen and oxygen atoms in total. The predicted molar refractivity (Wildman–Crippen MR) is 45.8 cm³/mol. The van der Waals surface area contributed by atoms with E-state index >= 15 is 0 Å². The highest BCUT2D eigenvalue weighted by atomic mass is 16.6. The molecular formula is C8H16N2O. The maximum Gasteiger partial charge on any atom is 0.141 e.